The van der Waals surface area contributed by atoms with Gasteiger partial charge in [0, 0.05) is 40.8 Å². The molecule has 10 rings (SSSR count). The fourth-order valence-electron chi connectivity index (χ4n) is 9.21. The molecule has 7 aromatic carbocycles. The number of allylic oxidation sites excluding steroid dienone is 6. The Morgan fingerprint density at radius 1 is 0.710 bits per heavy atom. The number of hydrogen-bond acceptors (Lipinski definition) is 2. The van der Waals surface area contributed by atoms with Gasteiger partial charge >= 0.3 is 0 Å². The van der Waals surface area contributed by atoms with Gasteiger partial charge in [-0.2, -0.15) is 0 Å². The van der Waals surface area contributed by atoms with E-state index < -0.39 is 0 Å². The van der Waals surface area contributed by atoms with Crippen molar-refractivity contribution in [2.45, 2.75) is 46.5 Å². The van der Waals surface area contributed by atoms with Crippen LogP contribution < -0.4 is 4.90 Å². The standard InChI is InChI=1S/C50H42N2.C7H8.C2H5N/c1-5-14-33(7-3)26-34-22-25-41-39(27-34)18-13-21-46(41)52-47-20-12-11-19-42(47)44-31-45-43-29-35(8-4)37(15-6-2)30-48(43)51(49(45)32-50(44)52)40-24-23-36-16-9-10-17-38(36)28-40;1-7-5-3-2-4-6-7;1-3-2/h5-25,27-30,32,44H,4,26,31H2,1-3H3;2-6H,1H3;1H2,2H3/b14-5-,15-6-,33-7+;;. The first kappa shape index (κ1) is 41.5. The van der Waals surface area contributed by atoms with E-state index in [0.717, 1.165) is 18.4 Å². The minimum atomic E-state index is 0.245. The van der Waals surface area contributed by atoms with Crippen molar-refractivity contribution in [2.24, 2.45) is 4.99 Å². The van der Waals surface area contributed by atoms with Crippen LogP contribution >= 0.6 is 0 Å². The minimum Gasteiger partial charge on any atom is -0.313 e. The summed E-state index contributed by atoms with van der Waals surface area (Å²) in [6, 6.07) is 53.3. The monoisotopic (exact) mass is 805 g/mol. The van der Waals surface area contributed by atoms with Crippen LogP contribution in [0.3, 0.4) is 0 Å². The molecule has 1 atom stereocenters. The molecule has 2 aliphatic rings. The van der Waals surface area contributed by atoms with E-state index in [1.54, 1.807) is 7.05 Å². The van der Waals surface area contributed by atoms with Crippen molar-refractivity contribution in [3.8, 4) is 5.69 Å². The predicted octanol–water partition coefficient (Wildman–Crippen LogP) is 15.8. The lowest BCUT2D eigenvalue weighted by Crippen LogP contribution is -2.18. The Balaban J connectivity index is 0.000000472. The number of fused-ring (bicyclic) bond motifs is 8. The molecule has 0 N–H and O–H groups in total. The number of para-hydroxylation sites is 1. The molecule has 306 valence electrons. The van der Waals surface area contributed by atoms with Crippen LogP contribution in [0.1, 0.15) is 65.8 Å². The van der Waals surface area contributed by atoms with E-state index >= 15 is 0 Å². The second kappa shape index (κ2) is 18.6. The molecule has 1 unspecified atom stereocenters. The molecular formula is C59H55N3. The number of aryl methyl sites for hydroxylation is 1. The van der Waals surface area contributed by atoms with Gasteiger partial charge in [0.25, 0.3) is 0 Å². The molecule has 0 amide bonds. The van der Waals surface area contributed by atoms with E-state index in [1.165, 1.54) is 94.3 Å². The molecule has 2 heterocycles. The highest BCUT2D eigenvalue weighted by molar-refractivity contribution is 6.02. The van der Waals surface area contributed by atoms with Gasteiger partial charge in [-0.3, -0.25) is 0 Å². The maximum Gasteiger partial charge on any atom is 0.0544 e. The zero-order valence-corrected chi connectivity index (χ0v) is 36.6. The average molecular weight is 806 g/mol. The summed E-state index contributed by atoms with van der Waals surface area (Å²) >= 11 is 0. The first-order valence-electron chi connectivity index (χ1n) is 21.6. The van der Waals surface area contributed by atoms with Crippen molar-refractivity contribution in [3.63, 3.8) is 0 Å². The average Bonchev–Trinajstić information content (AvgIpc) is 3.79. The Morgan fingerprint density at radius 2 is 1.44 bits per heavy atom. The SMILES string of the molecule is C=Cc1cc2c3c(n(-c4ccc5ccccc5c4)c2cc1/C=C\C)C=C1C(C3)c2ccccc2N1c1cccc2cc(CC(/C=C\C)=C/C)ccc12.C=NC.Cc1ccccc1. The number of aliphatic imine (C=N–C) groups is 1. The molecule has 1 aromatic heterocycles. The molecule has 62 heavy (non-hydrogen) atoms. The van der Waals surface area contributed by atoms with Gasteiger partial charge in [-0.25, -0.2) is 0 Å². The fraction of sp³-hybridized carbons (Fsp3) is 0.136. The van der Waals surface area contributed by atoms with Gasteiger partial charge in [-0.1, -0.05) is 158 Å². The molecule has 1 aliphatic carbocycles. The summed E-state index contributed by atoms with van der Waals surface area (Å²) in [7, 11) is 1.64. The molecule has 0 bridgehead atoms. The Kier molecular flexibility index (Phi) is 12.4. The zero-order valence-electron chi connectivity index (χ0n) is 36.6. The first-order chi connectivity index (χ1) is 30.4. The van der Waals surface area contributed by atoms with Crippen molar-refractivity contribution in [3.05, 3.63) is 227 Å². The van der Waals surface area contributed by atoms with E-state index in [2.05, 4.69) is 219 Å². The van der Waals surface area contributed by atoms with Gasteiger partial charge < -0.3 is 14.5 Å². The second-order valence-electron chi connectivity index (χ2n) is 16.0. The van der Waals surface area contributed by atoms with Gasteiger partial charge in [0.1, 0.15) is 0 Å². The van der Waals surface area contributed by atoms with E-state index in [0.29, 0.717) is 0 Å². The van der Waals surface area contributed by atoms with Gasteiger partial charge in [0.05, 0.1) is 16.9 Å². The van der Waals surface area contributed by atoms with E-state index in [1.807, 2.05) is 24.3 Å². The molecule has 0 radical (unpaired) electrons. The largest absolute Gasteiger partial charge is 0.313 e. The predicted molar refractivity (Wildman–Crippen MR) is 271 cm³/mol. The van der Waals surface area contributed by atoms with Crippen LogP contribution in [0.2, 0.25) is 0 Å². The Morgan fingerprint density at radius 3 is 2.16 bits per heavy atom. The Bertz CT molecular complexity index is 3060. The normalized spacial score (nSPS) is 14.2. The van der Waals surface area contributed by atoms with Crippen molar-refractivity contribution in [1.29, 1.82) is 0 Å². The van der Waals surface area contributed by atoms with E-state index in [4.69, 9.17) is 0 Å². The number of aromatic nitrogens is 1. The van der Waals surface area contributed by atoms with Crippen molar-refractivity contribution in [1.82, 2.24) is 4.57 Å². The van der Waals surface area contributed by atoms with Gasteiger partial charge in [-0.15, -0.1) is 0 Å². The highest BCUT2D eigenvalue weighted by Gasteiger charge is 2.39. The quantitative estimate of drug-likeness (QED) is 0.116. The maximum atomic E-state index is 4.21. The number of anilines is 2. The lowest BCUT2D eigenvalue weighted by molar-refractivity contribution is 0.797. The van der Waals surface area contributed by atoms with Crippen molar-refractivity contribution >= 4 is 68.8 Å². The van der Waals surface area contributed by atoms with E-state index in [9.17, 15) is 0 Å². The number of hydrogen-bond donors (Lipinski definition) is 0. The molecule has 3 heteroatoms. The molecule has 0 spiro atoms. The number of benzene rings is 7. The van der Waals surface area contributed by atoms with E-state index in [-0.39, 0.29) is 5.92 Å². The van der Waals surface area contributed by atoms with Crippen molar-refractivity contribution in [2.75, 3.05) is 11.9 Å². The molecular weight excluding hydrogens is 751 g/mol. The van der Waals surface area contributed by atoms with Crippen LogP contribution in [-0.2, 0) is 12.8 Å². The highest BCUT2D eigenvalue weighted by Crippen LogP contribution is 2.54. The third kappa shape index (κ3) is 8.02. The third-order valence-corrected chi connectivity index (χ3v) is 12.0. The van der Waals surface area contributed by atoms with Crippen LogP contribution in [-0.4, -0.2) is 18.3 Å². The van der Waals surface area contributed by atoms with Crippen LogP contribution in [0, 0.1) is 6.92 Å². The molecule has 0 saturated heterocycles. The summed E-state index contributed by atoms with van der Waals surface area (Å²) in [6.45, 7) is 15.7. The molecule has 3 nitrogen and oxygen atoms in total. The summed E-state index contributed by atoms with van der Waals surface area (Å²) in [5, 5.41) is 6.32. The lowest BCUT2D eigenvalue weighted by atomic mass is 9.85. The summed E-state index contributed by atoms with van der Waals surface area (Å²) in [5.74, 6) is 0.245. The van der Waals surface area contributed by atoms with Gasteiger partial charge in [-0.05, 0) is 139 Å². The zero-order chi connectivity index (χ0) is 43.2. The first-order valence-corrected chi connectivity index (χ1v) is 21.6. The molecule has 0 saturated carbocycles. The van der Waals surface area contributed by atoms with Crippen LogP contribution in [0.4, 0.5) is 11.4 Å². The minimum absolute atomic E-state index is 0.245. The number of rotatable bonds is 7. The Hall–Kier alpha value is -7.23. The van der Waals surface area contributed by atoms with Crippen LogP contribution in [0.15, 0.2) is 193 Å². The lowest BCUT2D eigenvalue weighted by Gasteiger charge is -2.28. The number of nitrogens with zero attached hydrogens (tertiary/aromatic N) is 3. The molecule has 0 fully saturated rings. The topological polar surface area (TPSA) is 20.5 Å². The Labute approximate surface area is 367 Å². The van der Waals surface area contributed by atoms with Gasteiger partial charge in [0.15, 0.2) is 0 Å². The fourth-order valence-corrected chi connectivity index (χ4v) is 9.21. The summed E-state index contributed by atoms with van der Waals surface area (Å²) in [5.41, 5.74) is 16.6. The maximum absolute atomic E-state index is 4.21. The smallest absolute Gasteiger partial charge is 0.0544 e. The highest BCUT2D eigenvalue weighted by atomic mass is 15.2. The third-order valence-electron chi connectivity index (χ3n) is 12.0. The summed E-state index contributed by atoms with van der Waals surface area (Å²) < 4.78 is 2.50. The van der Waals surface area contributed by atoms with Gasteiger partial charge in [0.2, 0.25) is 0 Å². The summed E-state index contributed by atoms with van der Waals surface area (Å²) in [6.07, 6.45) is 17.2. The van der Waals surface area contributed by atoms with Crippen molar-refractivity contribution < 1.29 is 0 Å². The van der Waals surface area contributed by atoms with Crippen LogP contribution in [0.5, 0.6) is 0 Å². The molecule has 1 aliphatic heterocycles. The van der Waals surface area contributed by atoms with Crippen LogP contribution in [0.25, 0.3) is 56.4 Å². The summed E-state index contributed by atoms with van der Waals surface area (Å²) in [4.78, 5) is 5.80. The second-order valence-corrected chi connectivity index (χ2v) is 16.0. The molecule has 8 aromatic rings.